The Balaban J connectivity index is 2.24. The van der Waals surface area contributed by atoms with E-state index in [2.05, 4.69) is 0 Å². The fourth-order valence-corrected chi connectivity index (χ4v) is 3.85. The van der Waals surface area contributed by atoms with Gasteiger partial charge in [0, 0.05) is 19.0 Å². The first-order chi connectivity index (χ1) is 9.32. The van der Waals surface area contributed by atoms with E-state index >= 15 is 0 Å². The fraction of sp³-hybridized carbons (Fsp3) is 0.417. The number of primary amides is 1. The monoisotopic (exact) mass is 301 g/mol. The molecule has 0 radical (unpaired) electrons. The number of carbonyl (C=O) groups is 1. The third-order valence-corrected chi connectivity index (χ3v) is 5.40. The first-order valence-corrected chi connectivity index (χ1v) is 7.61. The summed E-state index contributed by atoms with van der Waals surface area (Å²) < 4.78 is 39.2. The highest BCUT2D eigenvalue weighted by molar-refractivity contribution is 7.89. The molecule has 0 aliphatic carbocycles. The molecule has 4 N–H and O–H groups in total. The van der Waals surface area contributed by atoms with Crippen molar-refractivity contribution in [2.75, 3.05) is 18.8 Å². The van der Waals surface area contributed by atoms with Crippen molar-refractivity contribution >= 4 is 21.6 Å². The number of amides is 1. The van der Waals surface area contributed by atoms with Crippen LogP contribution in [0.2, 0.25) is 0 Å². The van der Waals surface area contributed by atoms with Crippen molar-refractivity contribution in [3.8, 4) is 0 Å². The van der Waals surface area contributed by atoms with Gasteiger partial charge in [0.2, 0.25) is 15.9 Å². The average molecular weight is 301 g/mol. The number of halogens is 1. The number of benzene rings is 1. The van der Waals surface area contributed by atoms with E-state index < -0.39 is 21.7 Å². The Hall–Kier alpha value is -1.67. The first-order valence-electron chi connectivity index (χ1n) is 6.17. The fourth-order valence-electron chi connectivity index (χ4n) is 2.25. The normalized spacial score (nSPS) is 18.1. The van der Waals surface area contributed by atoms with Gasteiger partial charge in [-0.2, -0.15) is 4.31 Å². The molecule has 1 aromatic carbocycles. The zero-order valence-corrected chi connectivity index (χ0v) is 11.6. The second kappa shape index (κ2) is 5.37. The first kappa shape index (κ1) is 14.7. The lowest BCUT2D eigenvalue weighted by atomic mass is 9.98. The van der Waals surface area contributed by atoms with E-state index in [1.165, 1.54) is 10.4 Å². The van der Waals surface area contributed by atoms with Gasteiger partial charge in [-0.15, -0.1) is 0 Å². The van der Waals surface area contributed by atoms with E-state index in [-0.39, 0.29) is 29.6 Å². The highest BCUT2D eigenvalue weighted by Gasteiger charge is 2.32. The summed E-state index contributed by atoms with van der Waals surface area (Å²) in [6.07, 6.45) is 0.730. The Morgan fingerprint density at radius 3 is 2.45 bits per heavy atom. The highest BCUT2D eigenvalue weighted by atomic mass is 32.2. The molecule has 1 aliphatic rings. The Labute approximate surface area is 116 Å². The summed E-state index contributed by atoms with van der Waals surface area (Å²) in [5, 5.41) is 0. The Morgan fingerprint density at radius 1 is 1.30 bits per heavy atom. The van der Waals surface area contributed by atoms with Gasteiger partial charge in [0.05, 0.1) is 5.69 Å². The third kappa shape index (κ3) is 2.75. The predicted octanol–water partition coefficient (Wildman–Crippen LogP) is 0.294. The summed E-state index contributed by atoms with van der Waals surface area (Å²) in [5.74, 6) is -1.40. The van der Waals surface area contributed by atoms with Gasteiger partial charge in [-0.1, -0.05) is 0 Å². The zero-order valence-electron chi connectivity index (χ0n) is 10.8. The second-order valence-electron chi connectivity index (χ2n) is 4.76. The van der Waals surface area contributed by atoms with E-state index in [0.29, 0.717) is 12.8 Å². The minimum absolute atomic E-state index is 0.00317. The van der Waals surface area contributed by atoms with Crippen molar-refractivity contribution in [2.45, 2.75) is 17.7 Å². The van der Waals surface area contributed by atoms with Gasteiger partial charge in [0.25, 0.3) is 0 Å². The van der Waals surface area contributed by atoms with Crippen LogP contribution in [0.1, 0.15) is 12.8 Å². The lowest BCUT2D eigenvalue weighted by Gasteiger charge is -2.30. The van der Waals surface area contributed by atoms with Crippen LogP contribution in [0.3, 0.4) is 0 Å². The molecule has 0 aromatic heterocycles. The number of piperidine rings is 1. The number of hydrogen-bond donors (Lipinski definition) is 2. The van der Waals surface area contributed by atoms with Crippen molar-refractivity contribution in [2.24, 2.45) is 11.7 Å². The molecule has 0 atom stereocenters. The Kier molecular flexibility index (Phi) is 3.96. The summed E-state index contributed by atoms with van der Waals surface area (Å²) >= 11 is 0. The molecule has 6 nitrogen and oxygen atoms in total. The molecule has 1 fully saturated rings. The van der Waals surface area contributed by atoms with Gasteiger partial charge < -0.3 is 11.5 Å². The Morgan fingerprint density at radius 2 is 1.90 bits per heavy atom. The van der Waals surface area contributed by atoms with Gasteiger partial charge in [-0.05, 0) is 31.0 Å². The van der Waals surface area contributed by atoms with Crippen LogP contribution in [-0.2, 0) is 14.8 Å². The molecular formula is C12H16FN3O3S. The molecule has 1 saturated heterocycles. The van der Waals surface area contributed by atoms with E-state index in [0.717, 1.165) is 12.1 Å². The van der Waals surface area contributed by atoms with Crippen LogP contribution < -0.4 is 11.5 Å². The highest BCUT2D eigenvalue weighted by Crippen LogP contribution is 2.27. The number of sulfonamides is 1. The maximum atomic E-state index is 13.2. The Bertz CT molecular complexity index is 625. The standard InChI is InChI=1S/C12H16FN3O3S/c13-9-1-2-10(14)11(7-9)20(18,19)16-5-3-8(4-6-16)12(15)17/h1-2,7-8H,3-6,14H2,(H2,15,17). The quantitative estimate of drug-likeness (QED) is 0.783. The van der Waals surface area contributed by atoms with Crippen LogP contribution in [0.4, 0.5) is 10.1 Å². The van der Waals surface area contributed by atoms with Gasteiger partial charge in [-0.3, -0.25) is 4.79 Å². The van der Waals surface area contributed by atoms with E-state index in [1.54, 1.807) is 0 Å². The van der Waals surface area contributed by atoms with Crippen LogP contribution in [0.25, 0.3) is 0 Å². The van der Waals surface area contributed by atoms with Gasteiger partial charge in [-0.25, -0.2) is 12.8 Å². The topological polar surface area (TPSA) is 106 Å². The molecule has 1 aromatic rings. The van der Waals surface area contributed by atoms with Gasteiger partial charge in [0.1, 0.15) is 10.7 Å². The number of nitrogen functional groups attached to an aromatic ring is 1. The molecule has 8 heteroatoms. The number of nitrogens with two attached hydrogens (primary N) is 2. The van der Waals surface area contributed by atoms with E-state index in [1.807, 2.05) is 0 Å². The minimum Gasteiger partial charge on any atom is -0.398 e. The van der Waals surface area contributed by atoms with Crippen molar-refractivity contribution in [1.29, 1.82) is 0 Å². The zero-order chi connectivity index (χ0) is 14.9. The number of rotatable bonds is 3. The SMILES string of the molecule is NC(=O)C1CCN(S(=O)(=O)c2cc(F)ccc2N)CC1. The van der Waals surface area contributed by atoms with Crippen molar-refractivity contribution in [3.05, 3.63) is 24.0 Å². The smallest absolute Gasteiger partial charge is 0.245 e. The van der Waals surface area contributed by atoms with E-state index in [4.69, 9.17) is 11.5 Å². The summed E-state index contributed by atoms with van der Waals surface area (Å²) in [7, 11) is -3.85. The van der Waals surface area contributed by atoms with Gasteiger partial charge in [0.15, 0.2) is 0 Å². The number of carbonyl (C=O) groups excluding carboxylic acids is 1. The molecule has 1 aliphatic heterocycles. The van der Waals surface area contributed by atoms with Crippen LogP contribution in [0.15, 0.2) is 23.1 Å². The number of hydrogen-bond acceptors (Lipinski definition) is 4. The van der Waals surface area contributed by atoms with Crippen LogP contribution in [0, 0.1) is 11.7 Å². The van der Waals surface area contributed by atoms with Crippen molar-refractivity contribution in [1.82, 2.24) is 4.31 Å². The molecule has 0 saturated carbocycles. The van der Waals surface area contributed by atoms with Crippen molar-refractivity contribution in [3.63, 3.8) is 0 Å². The molecular weight excluding hydrogens is 285 g/mol. The van der Waals surface area contributed by atoms with Crippen LogP contribution in [-0.4, -0.2) is 31.7 Å². The lowest BCUT2D eigenvalue weighted by Crippen LogP contribution is -2.41. The maximum absolute atomic E-state index is 13.2. The second-order valence-corrected chi connectivity index (χ2v) is 6.67. The molecule has 110 valence electrons. The van der Waals surface area contributed by atoms with Crippen LogP contribution in [0.5, 0.6) is 0 Å². The number of nitrogens with zero attached hydrogens (tertiary/aromatic N) is 1. The largest absolute Gasteiger partial charge is 0.398 e. The summed E-state index contributed by atoms with van der Waals surface area (Å²) in [6, 6.07) is 3.23. The minimum atomic E-state index is -3.85. The maximum Gasteiger partial charge on any atom is 0.245 e. The van der Waals surface area contributed by atoms with E-state index in [9.17, 15) is 17.6 Å². The molecule has 0 bridgehead atoms. The number of anilines is 1. The van der Waals surface area contributed by atoms with Crippen LogP contribution >= 0.6 is 0 Å². The lowest BCUT2D eigenvalue weighted by molar-refractivity contribution is -0.122. The molecule has 2 rings (SSSR count). The predicted molar refractivity (Wildman–Crippen MR) is 71.5 cm³/mol. The molecule has 0 unspecified atom stereocenters. The van der Waals surface area contributed by atoms with Gasteiger partial charge >= 0.3 is 0 Å². The molecule has 0 spiro atoms. The summed E-state index contributed by atoms with van der Waals surface area (Å²) in [4.78, 5) is 10.8. The molecule has 20 heavy (non-hydrogen) atoms. The third-order valence-electron chi connectivity index (χ3n) is 3.45. The molecule has 1 heterocycles. The van der Waals surface area contributed by atoms with Crippen molar-refractivity contribution < 1.29 is 17.6 Å². The average Bonchev–Trinajstić information content (AvgIpc) is 2.41. The summed E-state index contributed by atoms with van der Waals surface area (Å²) in [5.41, 5.74) is 10.8. The summed E-state index contributed by atoms with van der Waals surface area (Å²) in [6.45, 7) is 0.345. The molecule has 1 amide bonds.